The third-order valence-corrected chi connectivity index (χ3v) is 4.52. The van der Waals surface area contributed by atoms with Crippen LogP contribution in [0.5, 0.6) is 0 Å². The van der Waals surface area contributed by atoms with Crippen LogP contribution >= 0.6 is 0 Å². The predicted octanol–water partition coefficient (Wildman–Crippen LogP) is 2.25. The van der Waals surface area contributed by atoms with Crippen molar-refractivity contribution >= 4 is 0 Å². The van der Waals surface area contributed by atoms with Crippen LogP contribution < -0.4 is 5.32 Å². The van der Waals surface area contributed by atoms with Crippen molar-refractivity contribution in [1.29, 1.82) is 0 Å². The van der Waals surface area contributed by atoms with Gasteiger partial charge in [0.05, 0.1) is 0 Å². The summed E-state index contributed by atoms with van der Waals surface area (Å²) in [6, 6.07) is 0.893. The average molecular weight is 222 g/mol. The van der Waals surface area contributed by atoms with Gasteiger partial charge in [-0.3, -0.25) is 0 Å². The van der Waals surface area contributed by atoms with E-state index >= 15 is 0 Å². The summed E-state index contributed by atoms with van der Waals surface area (Å²) in [4.78, 5) is 2.65. The van der Waals surface area contributed by atoms with Crippen LogP contribution in [0.4, 0.5) is 0 Å². The molecular weight excluding hydrogens is 196 g/mol. The van der Waals surface area contributed by atoms with E-state index in [1.54, 1.807) is 0 Å². The largest absolute Gasteiger partial charge is 0.312 e. The Kier molecular flexibility index (Phi) is 3.49. The monoisotopic (exact) mass is 222 g/mol. The Balaban J connectivity index is 1.34. The molecule has 2 heteroatoms. The molecule has 0 aromatic rings. The maximum atomic E-state index is 3.85. The van der Waals surface area contributed by atoms with Crippen molar-refractivity contribution in [3.63, 3.8) is 0 Å². The second-order valence-corrected chi connectivity index (χ2v) is 6.06. The lowest BCUT2D eigenvalue weighted by molar-refractivity contribution is 0.223. The van der Waals surface area contributed by atoms with Crippen molar-refractivity contribution in [2.24, 2.45) is 11.8 Å². The summed E-state index contributed by atoms with van der Waals surface area (Å²) in [5.74, 6) is 2.10. The highest BCUT2D eigenvalue weighted by Crippen LogP contribution is 2.44. The van der Waals surface area contributed by atoms with Gasteiger partial charge < -0.3 is 10.2 Å². The first-order valence-corrected chi connectivity index (χ1v) is 7.39. The van der Waals surface area contributed by atoms with E-state index in [1.807, 2.05) is 0 Å². The fourth-order valence-electron chi connectivity index (χ4n) is 3.20. The second-order valence-electron chi connectivity index (χ2n) is 6.06. The smallest absolute Gasteiger partial charge is 0.0124 e. The third kappa shape index (κ3) is 2.98. The summed E-state index contributed by atoms with van der Waals surface area (Å²) >= 11 is 0. The van der Waals surface area contributed by atoms with E-state index in [0.29, 0.717) is 0 Å². The maximum absolute atomic E-state index is 3.85. The normalized spacial score (nSPS) is 27.6. The molecule has 3 rings (SSSR count). The summed E-state index contributed by atoms with van der Waals surface area (Å²) in [5, 5.41) is 3.85. The lowest BCUT2D eigenvalue weighted by Gasteiger charge is -2.27. The van der Waals surface area contributed by atoms with Gasteiger partial charge in [0, 0.05) is 19.1 Å². The Hall–Kier alpha value is -0.0800. The molecule has 92 valence electrons. The van der Waals surface area contributed by atoms with E-state index in [2.05, 4.69) is 10.2 Å². The molecule has 3 aliphatic rings. The first-order chi connectivity index (χ1) is 7.93. The first kappa shape index (κ1) is 11.0. The lowest BCUT2D eigenvalue weighted by Crippen LogP contribution is -2.41. The molecule has 0 radical (unpaired) electrons. The van der Waals surface area contributed by atoms with Crippen LogP contribution in [0.3, 0.4) is 0 Å². The highest BCUT2D eigenvalue weighted by molar-refractivity contribution is 4.96. The van der Waals surface area contributed by atoms with Crippen molar-refractivity contribution in [3.05, 3.63) is 0 Å². The number of rotatable bonds is 6. The minimum absolute atomic E-state index is 0.893. The van der Waals surface area contributed by atoms with Crippen LogP contribution in [0, 0.1) is 11.8 Å². The van der Waals surface area contributed by atoms with E-state index in [4.69, 9.17) is 0 Å². The van der Waals surface area contributed by atoms with Crippen LogP contribution in [-0.2, 0) is 0 Å². The van der Waals surface area contributed by atoms with Gasteiger partial charge in [0.1, 0.15) is 0 Å². The van der Waals surface area contributed by atoms with Crippen LogP contribution in [-0.4, -0.2) is 37.1 Å². The van der Waals surface area contributed by atoms with Crippen molar-refractivity contribution < 1.29 is 0 Å². The van der Waals surface area contributed by atoms with E-state index < -0.39 is 0 Å². The number of likely N-dealkylation sites (tertiary alicyclic amines) is 1. The maximum Gasteiger partial charge on any atom is 0.0124 e. The number of nitrogens with one attached hydrogen (secondary N) is 1. The predicted molar refractivity (Wildman–Crippen MR) is 67.5 cm³/mol. The molecule has 1 heterocycles. The number of hydrogen-bond donors (Lipinski definition) is 1. The molecule has 1 N–H and O–H groups in total. The Bertz CT molecular complexity index is 203. The van der Waals surface area contributed by atoms with Crippen molar-refractivity contribution in [3.8, 4) is 0 Å². The SMILES string of the molecule is C1CCN(CCNC(C2CC2)C2CC2)CC1. The Labute approximate surface area is 99.8 Å². The molecule has 0 aromatic heterocycles. The van der Waals surface area contributed by atoms with Crippen LogP contribution in [0.1, 0.15) is 44.9 Å². The standard InChI is InChI=1S/C14H26N2/c1-2-9-16(10-3-1)11-8-15-14(12-4-5-12)13-6-7-13/h12-15H,1-11H2. The van der Waals surface area contributed by atoms with Crippen LogP contribution in [0.15, 0.2) is 0 Å². The Morgan fingerprint density at radius 3 is 2.12 bits per heavy atom. The van der Waals surface area contributed by atoms with E-state index in [9.17, 15) is 0 Å². The Morgan fingerprint density at radius 2 is 1.56 bits per heavy atom. The molecule has 3 fully saturated rings. The minimum atomic E-state index is 0.893. The zero-order valence-electron chi connectivity index (χ0n) is 10.5. The Morgan fingerprint density at radius 1 is 0.938 bits per heavy atom. The molecule has 1 aliphatic heterocycles. The number of piperidine rings is 1. The topological polar surface area (TPSA) is 15.3 Å². The molecule has 0 amide bonds. The molecule has 0 atom stereocenters. The molecule has 2 nitrogen and oxygen atoms in total. The van der Waals surface area contributed by atoms with Crippen LogP contribution in [0.2, 0.25) is 0 Å². The fourth-order valence-corrected chi connectivity index (χ4v) is 3.20. The molecule has 0 bridgehead atoms. The highest BCUT2D eigenvalue weighted by atomic mass is 15.1. The van der Waals surface area contributed by atoms with Gasteiger partial charge in [0.2, 0.25) is 0 Å². The lowest BCUT2D eigenvalue weighted by atomic mass is 10.1. The van der Waals surface area contributed by atoms with Gasteiger partial charge in [-0.15, -0.1) is 0 Å². The number of nitrogens with zero attached hydrogens (tertiary/aromatic N) is 1. The molecular formula is C14H26N2. The summed E-state index contributed by atoms with van der Waals surface area (Å²) in [5.41, 5.74) is 0. The zero-order chi connectivity index (χ0) is 10.8. The van der Waals surface area contributed by atoms with Gasteiger partial charge in [-0.05, 0) is 63.5 Å². The molecule has 16 heavy (non-hydrogen) atoms. The van der Waals surface area contributed by atoms with E-state index in [1.165, 1.54) is 71.1 Å². The molecule has 0 aromatic carbocycles. The molecule has 0 spiro atoms. The highest BCUT2D eigenvalue weighted by Gasteiger charge is 2.40. The fraction of sp³-hybridized carbons (Fsp3) is 1.00. The van der Waals surface area contributed by atoms with Gasteiger partial charge in [0.15, 0.2) is 0 Å². The van der Waals surface area contributed by atoms with E-state index in [-0.39, 0.29) is 0 Å². The molecule has 0 unspecified atom stereocenters. The zero-order valence-corrected chi connectivity index (χ0v) is 10.5. The number of hydrogen-bond acceptors (Lipinski definition) is 2. The molecule has 1 saturated heterocycles. The van der Waals surface area contributed by atoms with Gasteiger partial charge >= 0.3 is 0 Å². The quantitative estimate of drug-likeness (QED) is 0.741. The van der Waals surface area contributed by atoms with E-state index in [0.717, 1.165) is 17.9 Å². The molecule has 2 aliphatic carbocycles. The summed E-state index contributed by atoms with van der Waals surface area (Å²) < 4.78 is 0. The van der Waals surface area contributed by atoms with Crippen molar-refractivity contribution in [2.45, 2.75) is 51.0 Å². The van der Waals surface area contributed by atoms with Crippen LogP contribution in [0.25, 0.3) is 0 Å². The second kappa shape index (κ2) is 5.05. The summed E-state index contributed by atoms with van der Waals surface area (Å²) in [6.07, 6.45) is 10.3. The van der Waals surface area contributed by atoms with Crippen molar-refractivity contribution in [2.75, 3.05) is 26.2 Å². The molecule has 2 saturated carbocycles. The summed E-state index contributed by atoms with van der Waals surface area (Å²) in [6.45, 7) is 5.21. The first-order valence-electron chi connectivity index (χ1n) is 7.39. The average Bonchev–Trinajstić information content (AvgIpc) is 3.17. The summed E-state index contributed by atoms with van der Waals surface area (Å²) in [7, 11) is 0. The minimum Gasteiger partial charge on any atom is -0.312 e. The van der Waals surface area contributed by atoms with Crippen molar-refractivity contribution in [1.82, 2.24) is 10.2 Å². The van der Waals surface area contributed by atoms with Gasteiger partial charge in [0.25, 0.3) is 0 Å². The van der Waals surface area contributed by atoms with Gasteiger partial charge in [-0.2, -0.15) is 0 Å². The third-order valence-electron chi connectivity index (χ3n) is 4.52. The van der Waals surface area contributed by atoms with Gasteiger partial charge in [-0.25, -0.2) is 0 Å². The van der Waals surface area contributed by atoms with Gasteiger partial charge in [-0.1, -0.05) is 6.42 Å².